The van der Waals surface area contributed by atoms with Crippen LogP contribution >= 0.6 is 0 Å². The van der Waals surface area contributed by atoms with Crippen molar-refractivity contribution in [2.24, 2.45) is 5.92 Å². The molecule has 1 unspecified atom stereocenters. The van der Waals surface area contributed by atoms with E-state index in [9.17, 15) is 8.42 Å². The Balaban J connectivity index is 2.73. The molecule has 0 aromatic heterocycles. The largest absolute Gasteiger partial charge is 0.297 e. The van der Waals surface area contributed by atoms with Crippen LogP contribution < -0.4 is 0 Å². The summed E-state index contributed by atoms with van der Waals surface area (Å²) >= 11 is 0. The van der Waals surface area contributed by atoms with Crippen LogP contribution in [-0.2, 0) is 14.3 Å². The van der Waals surface area contributed by atoms with Crippen LogP contribution in [-0.4, -0.2) is 14.5 Å². The smallest absolute Gasteiger partial charge is 0.263 e. The first-order chi connectivity index (χ1) is 7.42. The van der Waals surface area contributed by atoms with Gasteiger partial charge in [0.25, 0.3) is 10.1 Å². The second-order valence-corrected chi connectivity index (χ2v) is 5.88. The molecule has 0 aliphatic heterocycles. The van der Waals surface area contributed by atoms with E-state index >= 15 is 0 Å². The summed E-state index contributed by atoms with van der Waals surface area (Å²) in [6.45, 7) is 5.85. The zero-order valence-electron chi connectivity index (χ0n) is 9.88. The van der Waals surface area contributed by atoms with Gasteiger partial charge in [-0.2, -0.15) is 8.42 Å². The maximum atomic E-state index is 11.8. The van der Waals surface area contributed by atoms with Gasteiger partial charge in [0.15, 0.2) is 0 Å². The maximum Gasteiger partial charge on any atom is 0.297 e. The summed E-state index contributed by atoms with van der Waals surface area (Å²) in [4.78, 5) is 0.214. The van der Waals surface area contributed by atoms with E-state index in [0.29, 0.717) is 5.92 Å². The number of hydrogen-bond donors (Lipinski definition) is 0. The number of hydrogen-bond acceptors (Lipinski definition) is 3. The van der Waals surface area contributed by atoms with Gasteiger partial charge in [0.05, 0.1) is 11.0 Å². The lowest BCUT2D eigenvalue weighted by molar-refractivity contribution is 0.200. The van der Waals surface area contributed by atoms with Crippen LogP contribution in [0.4, 0.5) is 0 Å². The van der Waals surface area contributed by atoms with Gasteiger partial charge in [0.2, 0.25) is 0 Å². The highest BCUT2D eigenvalue weighted by molar-refractivity contribution is 7.86. The van der Waals surface area contributed by atoms with Gasteiger partial charge >= 0.3 is 0 Å². The molecule has 0 saturated heterocycles. The highest BCUT2D eigenvalue weighted by Gasteiger charge is 2.18. The quantitative estimate of drug-likeness (QED) is 0.746. The van der Waals surface area contributed by atoms with Gasteiger partial charge in [0, 0.05) is 0 Å². The van der Waals surface area contributed by atoms with Gasteiger partial charge in [0.1, 0.15) is 0 Å². The topological polar surface area (TPSA) is 43.4 Å². The molecule has 3 nitrogen and oxygen atoms in total. The van der Waals surface area contributed by atoms with Crippen LogP contribution in [0.3, 0.4) is 0 Å². The van der Waals surface area contributed by atoms with Crippen molar-refractivity contribution in [2.75, 3.05) is 0 Å². The minimum Gasteiger partial charge on any atom is -0.263 e. The zero-order valence-corrected chi connectivity index (χ0v) is 10.7. The Morgan fingerprint density at radius 1 is 1.12 bits per heavy atom. The second kappa shape index (κ2) is 5.46. The molecule has 0 spiro atoms. The third kappa shape index (κ3) is 3.94. The molecule has 0 aliphatic rings. The van der Waals surface area contributed by atoms with Crippen molar-refractivity contribution in [3.63, 3.8) is 0 Å². The van der Waals surface area contributed by atoms with Gasteiger partial charge in [-0.25, -0.2) is 0 Å². The van der Waals surface area contributed by atoms with Crippen LogP contribution in [0.5, 0.6) is 0 Å². The molecule has 90 valence electrons. The molecule has 1 aromatic carbocycles. The molecule has 0 fully saturated rings. The Hall–Kier alpha value is -0.870. The predicted octanol–water partition coefficient (Wildman–Crippen LogP) is 2.83. The molecule has 0 N–H and O–H groups in total. The van der Waals surface area contributed by atoms with E-state index in [1.807, 2.05) is 13.8 Å². The summed E-state index contributed by atoms with van der Waals surface area (Å²) in [5.41, 5.74) is 0. The number of rotatable bonds is 5. The van der Waals surface area contributed by atoms with E-state index in [1.54, 1.807) is 25.1 Å². The molecule has 1 rings (SSSR count). The van der Waals surface area contributed by atoms with Crippen molar-refractivity contribution in [1.82, 2.24) is 0 Å². The standard InChI is InChI=1S/C12H18O3S/c1-10(2)9-11(3)15-16(13,14)12-7-5-4-6-8-12/h4-8,10-11H,9H2,1-3H3. The number of benzene rings is 1. The predicted molar refractivity (Wildman–Crippen MR) is 63.6 cm³/mol. The van der Waals surface area contributed by atoms with Crippen LogP contribution in [0.15, 0.2) is 35.2 Å². The fraction of sp³-hybridized carbons (Fsp3) is 0.500. The molecule has 0 bridgehead atoms. The van der Waals surface area contributed by atoms with Crippen LogP contribution in [0.25, 0.3) is 0 Å². The van der Waals surface area contributed by atoms with E-state index in [0.717, 1.165) is 6.42 Å². The van der Waals surface area contributed by atoms with Crippen molar-refractivity contribution in [3.05, 3.63) is 30.3 Å². The third-order valence-corrected chi connectivity index (χ3v) is 3.56. The second-order valence-electron chi connectivity index (χ2n) is 4.30. The van der Waals surface area contributed by atoms with Gasteiger partial charge < -0.3 is 0 Å². The molecule has 1 atom stereocenters. The van der Waals surface area contributed by atoms with Crippen molar-refractivity contribution in [3.8, 4) is 0 Å². The lowest BCUT2D eigenvalue weighted by atomic mass is 10.1. The first-order valence-corrected chi connectivity index (χ1v) is 6.81. The van der Waals surface area contributed by atoms with Gasteiger partial charge in [-0.1, -0.05) is 32.0 Å². The van der Waals surface area contributed by atoms with Crippen molar-refractivity contribution < 1.29 is 12.6 Å². The molecular formula is C12H18O3S. The lowest BCUT2D eigenvalue weighted by Gasteiger charge is -2.14. The molecule has 4 heteroatoms. The first-order valence-electron chi connectivity index (χ1n) is 5.40. The Kier molecular flexibility index (Phi) is 4.50. The zero-order chi connectivity index (χ0) is 12.2. The van der Waals surface area contributed by atoms with Crippen LogP contribution in [0.2, 0.25) is 0 Å². The Morgan fingerprint density at radius 2 is 1.69 bits per heavy atom. The minimum atomic E-state index is -3.61. The fourth-order valence-corrected chi connectivity index (χ4v) is 2.67. The van der Waals surface area contributed by atoms with Crippen LogP contribution in [0, 0.1) is 5.92 Å². The van der Waals surface area contributed by atoms with E-state index in [-0.39, 0.29) is 11.0 Å². The normalized spacial score (nSPS) is 14.0. The first kappa shape index (κ1) is 13.2. The SMILES string of the molecule is CC(C)CC(C)OS(=O)(=O)c1ccccc1. The molecule has 0 amide bonds. The fourth-order valence-electron chi connectivity index (χ4n) is 1.56. The molecule has 0 radical (unpaired) electrons. The molecular weight excluding hydrogens is 224 g/mol. The maximum absolute atomic E-state index is 11.8. The summed E-state index contributed by atoms with van der Waals surface area (Å²) in [7, 11) is -3.61. The lowest BCUT2D eigenvalue weighted by Crippen LogP contribution is -2.17. The molecule has 1 aromatic rings. The molecule has 0 saturated carbocycles. The minimum absolute atomic E-state index is 0.214. The van der Waals surface area contributed by atoms with Gasteiger partial charge in [-0.05, 0) is 31.4 Å². The Bertz CT molecular complexity index is 409. The van der Waals surface area contributed by atoms with E-state index in [4.69, 9.17) is 4.18 Å². The molecule has 0 aliphatic carbocycles. The van der Waals surface area contributed by atoms with Gasteiger partial charge in [-0.15, -0.1) is 0 Å². The molecule has 0 heterocycles. The average Bonchev–Trinajstić information content (AvgIpc) is 2.16. The van der Waals surface area contributed by atoms with Gasteiger partial charge in [-0.3, -0.25) is 4.18 Å². The summed E-state index contributed by atoms with van der Waals surface area (Å²) in [6.07, 6.45) is 0.441. The summed E-state index contributed by atoms with van der Waals surface area (Å²) < 4.78 is 28.7. The van der Waals surface area contributed by atoms with E-state index in [2.05, 4.69) is 0 Å². The van der Waals surface area contributed by atoms with E-state index in [1.165, 1.54) is 12.1 Å². The monoisotopic (exact) mass is 242 g/mol. The highest BCUT2D eigenvalue weighted by atomic mass is 32.2. The summed E-state index contributed by atoms with van der Waals surface area (Å²) in [6, 6.07) is 8.22. The van der Waals surface area contributed by atoms with Crippen molar-refractivity contribution in [1.29, 1.82) is 0 Å². The Morgan fingerprint density at radius 3 is 2.19 bits per heavy atom. The Labute approximate surface area is 97.6 Å². The van der Waals surface area contributed by atoms with E-state index < -0.39 is 10.1 Å². The van der Waals surface area contributed by atoms with Crippen molar-refractivity contribution in [2.45, 2.75) is 38.2 Å². The molecule has 16 heavy (non-hydrogen) atoms. The third-order valence-electron chi connectivity index (χ3n) is 2.13. The average molecular weight is 242 g/mol. The highest BCUT2D eigenvalue weighted by Crippen LogP contribution is 2.16. The summed E-state index contributed by atoms with van der Waals surface area (Å²) in [5.74, 6) is 0.418. The van der Waals surface area contributed by atoms with Crippen LogP contribution in [0.1, 0.15) is 27.2 Å². The summed E-state index contributed by atoms with van der Waals surface area (Å²) in [5, 5.41) is 0. The van der Waals surface area contributed by atoms with Crippen molar-refractivity contribution >= 4 is 10.1 Å².